The highest BCUT2D eigenvalue weighted by atomic mass is 32.1. The van der Waals surface area contributed by atoms with Crippen molar-refractivity contribution in [2.45, 2.75) is 26.5 Å². The molecule has 0 saturated carbocycles. The first kappa shape index (κ1) is 17.1. The van der Waals surface area contributed by atoms with E-state index in [1.807, 2.05) is 36.6 Å². The molecule has 4 rings (SSSR count). The van der Waals surface area contributed by atoms with E-state index in [1.165, 1.54) is 11.3 Å². The van der Waals surface area contributed by atoms with Crippen LogP contribution in [-0.4, -0.2) is 40.1 Å². The number of ether oxygens (including phenoxy) is 2. The fraction of sp³-hybridized carbons (Fsp3) is 0.368. The Morgan fingerprint density at radius 2 is 2.15 bits per heavy atom. The van der Waals surface area contributed by atoms with Crippen LogP contribution in [0, 0.1) is 6.92 Å². The van der Waals surface area contributed by atoms with Crippen LogP contribution in [-0.2, 0) is 6.54 Å². The predicted octanol–water partition coefficient (Wildman–Crippen LogP) is 2.73. The van der Waals surface area contributed by atoms with Crippen LogP contribution in [0.2, 0.25) is 0 Å². The minimum atomic E-state index is -0.0429. The second kappa shape index (κ2) is 7.09. The third-order valence-electron chi connectivity index (χ3n) is 4.49. The summed E-state index contributed by atoms with van der Waals surface area (Å²) in [6.45, 7) is 6.70. The number of benzene rings is 1. The maximum absolute atomic E-state index is 12.3. The molecular weight excluding hydrogens is 350 g/mol. The van der Waals surface area contributed by atoms with E-state index >= 15 is 0 Å². The monoisotopic (exact) mass is 371 g/mol. The third kappa shape index (κ3) is 3.32. The highest BCUT2D eigenvalue weighted by molar-refractivity contribution is 7.15. The highest BCUT2D eigenvalue weighted by Gasteiger charge is 2.23. The summed E-state index contributed by atoms with van der Waals surface area (Å²) < 4.78 is 13.5. The topological polar surface area (TPSA) is 56.1 Å². The normalized spacial score (nSPS) is 16.3. The van der Waals surface area contributed by atoms with Gasteiger partial charge in [0.15, 0.2) is 16.5 Å². The molecule has 7 heteroatoms. The summed E-state index contributed by atoms with van der Waals surface area (Å²) in [6.07, 6.45) is -0.0429. The standard InChI is InChI=1S/C19H21N3O3S/c1-3-21(10-15-11-24-16-6-4-5-7-17(16)25-15)9-14-8-18(23)22-13(2)12-26-19(22)20-14/h4-8,12,15H,3,9-11H2,1-2H3. The highest BCUT2D eigenvalue weighted by Crippen LogP contribution is 2.31. The molecular formula is C19H21N3O3S. The number of aromatic nitrogens is 2. The van der Waals surface area contributed by atoms with Gasteiger partial charge in [-0.1, -0.05) is 19.1 Å². The van der Waals surface area contributed by atoms with E-state index in [0.717, 1.165) is 40.9 Å². The Hall–Kier alpha value is -2.38. The molecule has 1 aromatic carbocycles. The van der Waals surface area contributed by atoms with E-state index in [0.29, 0.717) is 13.2 Å². The van der Waals surface area contributed by atoms with E-state index in [9.17, 15) is 4.79 Å². The lowest BCUT2D eigenvalue weighted by atomic mass is 10.2. The van der Waals surface area contributed by atoms with Crippen LogP contribution in [0.15, 0.2) is 40.5 Å². The summed E-state index contributed by atoms with van der Waals surface area (Å²) in [6, 6.07) is 9.35. The number of likely N-dealkylation sites (N-methyl/N-ethyl adjacent to an activating group) is 1. The van der Waals surface area contributed by atoms with Crippen molar-refractivity contribution in [2.75, 3.05) is 19.7 Å². The minimum Gasteiger partial charge on any atom is -0.486 e. The minimum absolute atomic E-state index is 0.0222. The summed E-state index contributed by atoms with van der Waals surface area (Å²) in [5.74, 6) is 1.58. The number of fused-ring (bicyclic) bond motifs is 2. The number of para-hydroxylation sites is 2. The average molecular weight is 371 g/mol. The zero-order chi connectivity index (χ0) is 18.1. The molecule has 0 spiro atoms. The predicted molar refractivity (Wildman–Crippen MR) is 101 cm³/mol. The molecule has 0 aliphatic carbocycles. The maximum atomic E-state index is 12.3. The molecule has 0 saturated heterocycles. The van der Waals surface area contributed by atoms with Crippen molar-refractivity contribution in [2.24, 2.45) is 0 Å². The Balaban J connectivity index is 1.48. The average Bonchev–Trinajstić information content (AvgIpc) is 3.02. The lowest BCUT2D eigenvalue weighted by Gasteiger charge is -2.30. The maximum Gasteiger partial charge on any atom is 0.259 e. The second-order valence-corrected chi connectivity index (χ2v) is 7.24. The number of aryl methyl sites for hydroxylation is 1. The Kier molecular flexibility index (Phi) is 4.65. The van der Waals surface area contributed by atoms with Gasteiger partial charge in [0.1, 0.15) is 12.7 Å². The van der Waals surface area contributed by atoms with Crippen molar-refractivity contribution in [1.82, 2.24) is 14.3 Å². The van der Waals surface area contributed by atoms with Crippen molar-refractivity contribution >= 4 is 16.3 Å². The van der Waals surface area contributed by atoms with Gasteiger partial charge < -0.3 is 9.47 Å². The van der Waals surface area contributed by atoms with Crippen molar-refractivity contribution in [1.29, 1.82) is 0 Å². The summed E-state index contributed by atoms with van der Waals surface area (Å²) in [4.78, 5) is 20.0. The lowest BCUT2D eigenvalue weighted by molar-refractivity contribution is 0.0577. The molecule has 1 atom stereocenters. The Morgan fingerprint density at radius 3 is 2.96 bits per heavy atom. The number of hydrogen-bond donors (Lipinski definition) is 0. The Bertz CT molecular complexity index is 982. The van der Waals surface area contributed by atoms with Crippen molar-refractivity contribution in [3.63, 3.8) is 0 Å². The van der Waals surface area contributed by atoms with Crippen LogP contribution < -0.4 is 15.0 Å². The Labute approximate surface area is 155 Å². The van der Waals surface area contributed by atoms with Gasteiger partial charge in [-0.15, -0.1) is 11.3 Å². The van der Waals surface area contributed by atoms with Crippen LogP contribution in [0.1, 0.15) is 18.3 Å². The van der Waals surface area contributed by atoms with Gasteiger partial charge in [-0.3, -0.25) is 14.1 Å². The molecule has 0 fully saturated rings. The molecule has 26 heavy (non-hydrogen) atoms. The summed E-state index contributed by atoms with van der Waals surface area (Å²) >= 11 is 1.49. The molecule has 6 nitrogen and oxygen atoms in total. The smallest absolute Gasteiger partial charge is 0.259 e. The van der Waals surface area contributed by atoms with E-state index in [1.54, 1.807) is 10.5 Å². The zero-order valence-electron chi connectivity index (χ0n) is 14.8. The van der Waals surface area contributed by atoms with Gasteiger partial charge in [-0.25, -0.2) is 4.98 Å². The number of thiazole rings is 1. The van der Waals surface area contributed by atoms with E-state index in [2.05, 4.69) is 16.8 Å². The van der Waals surface area contributed by atoms with Crippen LogP contribution in [0.5, 0.6) is 11.5 Å². The molecule has 2 aromatic heterocycles. The molecule has 136 valence electrons. The number of rotatable bonds is 5. The number of nitrogens with zero attached hydrogens (tertiary/aromatic N) is 3. The summed E-state index contributed by atoms with van der Waals surface area (Å²) in [7, 11) is 0. The fourth-order valence-corrected chi connectivity index (χ4v) is 4.05. The van der Waals surface area contributed by atoms with Gasteiger partial charge >= 0.3 is 0 Å². The van der Waals surface area contributed by atoms with Crippen molar-refractivity contribution < 1.29 is 9.47 Å². The van der Waals surface area contributed by atoms with E-state index in [-0.39, 0.29) is 11.7 Å². The molecule has 1 unspecified atom stereocenters. The summed E-state index contributed by atoms with van der Waals surface area (Å²) in [5, 5.41) is 1.95. The van der Waals surface area contributed by atoms with Gasteiger partial charge in [0.05, 0.1) is 5.69 Å². The largest absolute Gasteiger partial charge is 0.486 e. The number of hydrogen-bond acceptors (Lipinski definition) is 6. The molecule has 0 bridgehead atoms. The third-order valence-corrected chi connectivity index (χ3v) is 5.43. The molecule has 3 heterocycles. The van der Waals surface area contributed by atoms with Crippen LogP contribution in [0.25, 0.3) is 4.96 Å². The van der Waals surface area contributed by atoms with Crippen molar-refractivity contribution in [3.05, 3.63) is 57.5 Å². The van der Waals surface area contributed by atoms with Crippen LogP contribution >= 0.6 is 11.3 Å². The molecule has 0 N–H and O–H groups in total. The van der Waals surface area contributed by atoms with Gasteiger partial charge in [0.2, 0.25) is 0 Å². The van der Waals surface area contributed by atoms with Gasteiger partial charge in [0.25, 0.3) is 5.56 Å². The first-order valence-electron chi connectivity index (χ1n) is 8.71. The summed E-state index contributed by atoms with van der Waals surface area (Å²) in [5.41, 5.74) is 1.69. The Morgan fingerprint density at radius 1 is 1.35 bits per heavy atom. The molecule has 1 aliphatic rings. The molecule has 0 radical (unpaired) electrons. The molecule has 3 aromatic rings. The van der Waals surface area contributed by atoms with Gasteiger partial charge in [-0.2, -0.15) is 0 Å². The fourth-order valence-electron chi connectivity index (χ4n) is 3.16. The SMILES string of the molecule is CCN(Cc1cc(=O)n2c(C)csc2n1)CC1COc2ccccc2O1. The zero-order valence-corrected chi connectivity index (χ0v) is 15.7. The first-order valence-corrected chi connectivity index (χ1v) is 9.59. The molecule has 0 amide bonds. The van der Waals surface area contributed by atoms with Gasteiger partial charge in [0, 0.05) is 30.2 Å². The first-order chi connectivity index (χ1) is 12.6. The van der Waals surface area contributed by atoms with Gasteiger partial charge in [-0.05, 0) is 25.6 Å². The van der Waals surface area contributed by atoms with Crippen LogP contribution in [0.3, 0.4) is 0 Å². The lowest BCUT2D eigenvalue weighted by Crippen LogP contribution is -2.41. The van der Waals surface area contributed by atoms with Crippen molar-refractivity contribution in [3.8, 4) is 11.5 Å². The van der Waals surface area contributed by atoms with Crippen LogP contribution in [0.4, 0.5) is 0 Å². The van der Waals surface area contributed by atoms with E-state index in [4.69, 9.17) is 9.47 Å². The quantitative estimate of drug-likeness (QED) is 0.690. The molecule has 1 aliphatic heterocycles. The van der Waals surface area contributed by atoms with E-state index < -0.39 is 0 Å². The second-order valence-electron chi connectivity index (χ2n) is 6.41.